The summed E-state index contributed by atoms with van der Waals surface area (Å²) >= 11 is 0. The Morgan fingerprint density at radius 2 is 1.71 bits per heavy atom. The Balaban J connectivity index is 1.36. The summed E-state index contributed by atoms with van der Waals surface area (Å²) in [6, 6.07) is 0. The molecule has 1 heterocycles. The highest BCUT2D eigenvalue weighted by Crippen LogP contribution is 2.69. The fourth-order valence-corrected chi connectivity index (χ4v) is 11.1. The Bertz CT molecular complexity index is 1060. The van der Waals surface area contributed by atoms with E-state index in [-0.39, 0.29) is 43.3 Å². The van der Waals surface area contributed by atoms with Crippen LogP contribution in [0.2, 0.25) is 0 Å². The Labute approximate surface area is 268 Å². The van der Waals surface area contributed by atoms with E-state index < -0.39 is 71.4 Å². The van der Waals surface area contributed by atoms with Gasteiger partial charge in [0.05, 0.1) is 36.6 Å². The van der Waals surface area contributed by atoms with Crippen LogP contribution >= 0.6 is 0 Å². The minimum Gasteiger partial charge on any atom is -0.396 e. The van der Waals surface area contributed by atoms with Crippen LogP contribution in [-0.4, -0.2) is 111 Å². The van der Waals surface area contributed by atoms with Crippen molar-refractivity contribution in [1.82, 2.24) is 0 Å². The third-order valence-electron chi connectivity index (χ3n) is 13.5. The Hall–Kier alpha value is -0.660. The summed E-state index contributed by atoms with van der Waals surface area (Å²) in [5.41, 5.74) is -1.55. The molecular weight excluding hydrogens is 580 g/mol. The van der Waals surface area contributed by atoms with E-state index >= 15 is 0 Å². The average molecular weight is 641 g/mol. The number of aliphatic hydroxyl groups is 7. The molecule has 7 N–H and O–H groups in total. The molecular formula is C35H60O10. The summed E-state index contributed by atoms with van der Waals surface area (Å²) in [6.45, 7) is 10.7. The molecule has 5 rings (SSSR count). The summed E-state index contributed by atoms with van der Waals surface area (Å²) in [4.78, 5) is 0. The third-order valence-corrected chi connectivity index (χ3v) is 13.5. The van der Waals surface area contributed by atoms with Crippen molar-refractivity contribution in [3.63, 3.8) is 0 Å². The number of rotatable bonds is 10. The molecule has 4 fully saturated rings. The maximum absolute atomic E-state index is 12.7. The van der Waals surface area contributed by atoms with Gasteiger partial charge in [-0.2, -0.15) is 0 Å². The lowest BCUT2D eigenvalue weighted by atomic mass is 9.43. The minimum absolute atomic E-state index is 0.0701. The first kappa shape index (κ1) is 35.6. The maximum Gasteiger partial charge on any atom is 0.187 e. The standard InChI is InChI=1S/C35H60O10/c1-7-20(19(3)16-36)9-8-18(2)26-28(40)29(41)31-34(26,5)13-11-25-33(4)12-10-21(14-22(33)23(37)15-35(25,31)42)45-32-30(43-6)27(39)24(38)17-44-32/h14,18-21,23-32,36-42H,7-13,15-17H2,1-6H3/t18-,19?,20-,21?,23?,24-,25-,26+,27+,28?,29?,30-,31-,32+,33+,34-,35+/m1/s1. The van der Waals surface area contributed by atoms with Crippen LogP contribution in [0.3, 0.4) is 0 Å². The van der Waals surface area contributed by atoms with Gasteiger partial charge in [-0.15, -0.1) is 0 Å². The number of hydrogen-bond acceptors (Lipinski definition) is 10. The van der Waals surface area contributed by atoms with Crippen LogP contribution in [0.15, 0.2) is 11.6 Å². The molecule has 10 heteroatoms. The zero-order chi connectivity index (χ0) is 33.1. The van der Waals surface area contributed by atoms with Crippen LogP contribution in [0.4, 0.5) is 0 Å². The van der Waals surface area contributed by atoms with Crippen LogP contribution in [0.25, 0.3) is 0 Å². The van der Waals surface area contributed by atoms with Gasteiger partial charge in [0.25, 0.3) is 0 Å². The van der Waals surface area contributed by atoms with Gasteiger partial charge in [-0.1, -0.05) is 53.5 Å². The van der Waals surface area contributed by atoms with Crippen molar-refractivity contribution in [2.75, 3.05) is 20.3 Å². The van der Waals surface area contributed by atoms with E-state index in [1.165, 1.54) is 7.11 Å². The van der Waals surface area contributed by atoms with Crippen LogP contribution < -0.4 is 0 Å². The molecule has 0 radical (unpaired) electrons. The Morgan fingerprint density at radius 1 is 1.00 bits per heavy atom. The van der Waals surface area contributed by atoms with Crippen molar-refractivity contribution in [2.45, 2.75) is 141 Å². The molecule has 17 atom stereocenters. The van der Waals surface area contributed by atoms with Crippen molar-refractivity contribution in [3.8, 4) is 0 Å². The van der Waals surface area contributed by atoms with Crippen molar-refractivity contribution >= 4 is 0 Å². The highest BCUT2D eigenvalue weighted by Gasteiger charge is 2.72. The van der Waals surface area contributed by atoms with Crippen LogP contribution in [0.5, 0.6) is 0 Å². The van der Waals surface area contributed by atoms with Gasteiger partial charge < -0.3 is 50.0 Å². The average Bonchev–Trinajstić information content (AvgIpc) is 3.20. The highest BCUT2D eigenvalue weighted by atomic mass is 16.7. The van der Waals surface area contributed by atoms with E-state index in [4.69, 9.17) is 14.2 Å². The quantitative estimate of drug-likeness (QED) is 0.176. The highest BCUT2D eigenvalue weighted by molar-refractivity contribution is 5.33. The predicted molar refractivity (Wildman–Crippen MR) is 167 cm³/mol. The lowest BCUT2D eigenvalue weighted by molar-refractivity contribution is -0.285. The second-order valence-corrected chi connectivity index (χ2v) is 15.9. The molecule has 260 valence electrons. The van der Waals surface area contributed by atoms with Crippen molar-refractivity contribution in [3.05, 3.63) is 11.6 Å². The molecule has 0 aromatic heterocycles. The molecule has 3 saturated carbocycles. The Kier molecular flexibility index (Phi) is 10.6. The van der Waals surface area contributed by atoms with Gasteiger partial charge in [-0.3, -0.25) is 0 Å². The second-order valence-electron chi connectivity index (χ2n) is 15.9. The SMILES string of the molecule is CC[C@H](CC[C@@H](C)[C@H]1C(O)C(O)[C@@H]2[C@]1(C)CC[C@H]1[C@@]2(O)CC(O)C2=CC(O[C@@H]3OC[C@@H](O)[C@H](O)[C@H]3OC)CC[C@@]21C)C(C)CO. The zero-order valence-corrected chi connectivity index (χ0v) is 28.1. The summed E-state index contributed by atoms with van der Waals surface area (Å²) < 4.78 is 17.3. The topological polar surface area (TPSA) is 169 Å². The monoisotopic (exact) mass is 640 g/mol. The lowest BCUT2D eigenvalue weighted by Crippen LogP contribution is -2.66. The molecule has 45 heavy (non-hydrogen) atoms. The van der Waals surface area contributed by atoms with Crippen molar-refractivity contribution < 1.29 is 50.0 Å². The van der Waals surface area contributed by atoms with Crippen LogP contribution in [0.1, 0.15) is 86.0 Å². The number of aliphatic hydroxyl groups excluding tert-OH is 6. The second kappa shape index (κ2) is 13.3. The number of methoxy groups -OCH3 is 1. The van der Waals surface area contributed by atoms with E-state index in [9.17, 15) is 35.7 Å². The number of hydrogen-bond donors (Lipinski definition) is 7. The molecule has 5 aliphatic rings. The molecule has 0 amide bonds. The van der Waals surface area contributed by atoms with E-state index in [1.807, 2.05) is 6.08 Å². The first-order valence-corrected chi connectivity index (χ1v) is 17.4. The van der Waals surface area contributed by atoms with E-state index in [2.05, 4.69) is 34.6 Å². The molecule has 10 nitrogen and oxygen atoms in total. The fraction of sp³-hybridized carbons (Fsp3) is 0.943. The molecule has 0 aromatic rings. The van der Waals surface area contributed by atoms with Gasteiger partial charge >= 0.3 is 0 Å². The fourth-order valence-electron chi connectivity index (χ4n) is 11.1. The summed E-state index contributed by atoms with van der Waals surface area (Å²) in [5.74, 6) is -0.243. The van der Waals surface area contributed by atoms with Crippen molar-refractivity contribution in [1.29, 1.82) is 0 Å². The van der Waals surface area contributed by atoms with Gasteiger partial charge in [0.15, 0.2) is 6.29 Å². The first-order chi connectivity index (χ1) is 21.2. The molecule has 5 unspecified atom stereocenters. The smallest absolute Gasteiger partial charge is 0.187 e. The molecule has 0 spiro atoms. The summed E-state index contributed by atoms with van der Waals surface area (Å²) in [7, 11) is 1.43. The minimum atomic E-state index is -1.35. The van der Waals surface area contributed by atoms with Gasteiger partial charge in [0, 0.05) is 26.1 Å². The maximum atomic E-state index is 12.7. The van der Waals surface area contributed by atoms with Gasteiger partial charge in [0.1, 0.15) is 18.3 Å². The van der Waals surface area contributed by atoms with Crippen molar-refractivity contribution in [2.24, 2.45) is 46.3 Å². The largest absolute Gasteiger partial charge is 0.396 e. The summed E-state index contributed by atoms with van der Waals surface area (Å²) in [6.07, 6.45) is 0.218. The number of fused-ring (bicyclic) bond motifs is 5. The summed E-state index contributed by atoms with van der Waals surface area (Å²) in [5, 5.41) is 77.7. The predicted octanol–water partition coefficient (Wildman–Crippen LogP) is 2.14. The van der Waals surface area contributed by atoms with Crippen LogP contribution in [-0.2, 0) is 14.2 Å². The van der Waals surface area contributed by atoms with Gasteiger partial charge in [-0.25, -0.2) is 0 Å². The molecule has 1 aliphatic heterocycles. The van der Waals surface area contributed by atoms with Gasteiger partial charge in [0.2, 0.25) is 0 Å². The molecule has 4 aliphatic carbocycles. The molecule has 0 bridgehead atoms. The number of ether oxygens (including phenoxy) is 3. The molecule has 1 saturated heterocycles. The first-order valence-electron chi connectivity index (χ1n) is 17.4. The van der Waals surface area contributed by atoms with E-state index in [0.717, 1.165) is 37.7 Å². The van der Waals surface area contributed by atoms with E-state index in [1.54, 1.807) is 0 Å². The molecule has 0 aromatic carbocycles. The van der Waals surface area contributed by atoms with Crippen LogP contribution in [0, 0.1) is 46.3 Å². The zero-order valence-electron chi connectivity index (χ0n) is 28.1. The van der Waals surface area contributed by atoms with E-state index in [0.29, 0.717) is 18.8 Å². The third kappa shape index (κ3) is 5.87. The normalized spacial score (nSPS) is 50.2. The lowest BCUT2D eigenvalue weighted by Gasteiger charge is -2.64. The Morgan fingerprint density at radius 3 is 2.36 bits per heavy atom. The van der Waals surface area contributed by atoms with Gasteiger partial charge in [-0.05, 0) is 78.1 Å².